The summed E-state index contributed by atoms with van der Waals surface area (Å²) in [5.74, 6) is 1.62. The number of fused-ring (bicyclic) bond motifs is 11. The summed E-state index contributed by atoms with van der Waals surface area (Å²) >= 11 is 0. The quantitative estimate of drug-likeness (QED) is 0.168. The second-order valence-electron chi connectivity index (χ2n) is 16.7. The van der Waals surface area contributed by atoms with Crippen LogP contribution < -0.4 is 0 Å². The maximum atomic E-state index is 5.29. The first-order chi connectivity index (χ1) is 31.7. The fourth-order valence-corrected chi connectivity index (χ4v) is 10.4. The molecular formula is C60H38N4. The molecule has 0 saturated heterocycles. The van der Waals surface area contributed by atoms with E-state index in [9.17, 15) is 0 Å². The lowest BCUT2D eigenvalue weighted by Crippen LogP contribution is -2.26. The van der Waals surface area contributed by atoms with E-state index in [0.717, 1.165) is 67.3 Å². The third-order valence-electron chi connectivity index (χ3n) is 13.2. The lowest BCUT2D eigenvalue weighted by molar-refractivity contribution is 0.794. The summed E-state index contributed by atoms with van der Waals surface area (Å²) in [6.45, 7) is 0. The molecule has 11 aromatic rings. The molecule has 0 bridgehead atoms. The summed E-state index contributed by atoms with van der Waals surface area (Å²) in [7, 11) is 0. The number of hydrogen-bond donors (Lipinski definition) is 0. The van der Waals surface area contributed by atoms with E-state index in [1.165, 1.54) is 44.5 Å². The molecule has 0 N–H and O–H groups in total. The molecule has 2 aliphatic carbocycles. The van der Waals surface area contributed by atoms with E-state index in [1.807, 2.05) is 12.1 Å². The minimum Gasteiger partial charge on any atom is -0.292 e. The van der Waals surface area contributed by atoms with Gasteiger partial charge in [-0.05, 0) is 98.1 Å². The van der Waals surface area contributed by atoms with Crippen LogP contribution in [0.4, 0.5) is 0 Å². The van der Waals surface area contributed by atoms with Gasteiger partial charge < -0.3 is 0 Å². The van der Waals surface area contributed by atoms with Gasteiger partial charge in [-0.2, -0.15) is 0 Å². The van der Waals surface area contributed by atoms with Gasteiger partial charge in [-0.1, -0.05) is 188 Å². The highest BCUT2D eigenvalue weighted by Gasteiger charge is 2.51. The predicted octanol–water partition coefficient (Wildman–Crippen LogP) is 14.5. The fourth-order valence-electron chi connectivity index (χ4n) is 10.4. The normalized spacial score (nSPS) is 12.8. The molecule has 2 aliphatic rings. The van der Waals surface area contributed by atoms with Gasteiger partial charge in [0.15, 0.2) is 5.82 Å². The second kappa shape index (κ2) is 14.3. The standard InChI is InChI=1S/C60H38N4/c1-4-17-39(18-5-1)55-38-56(40-19-6-2-7-20-40)62-58(61-55)44-32-34-49-48-33-31-43(36-52(48)60(53(49)37-44)50-27-12-10-25-46(50)47-26-11-13-28-51(47)60)42-23-16-24-45(35-42)64-57-30-15-14-29-54(57)63-59(64)41-21-8-3-9-22-41/h1-38H. The summed E-state index contributed by atoms with van der Waals surface area (Å²) in [6, 6.07) is 82.7. The molecular weight excluding hydrogens is 777 g/mol. The molecule has 2 heterocycles. The van der Waals surface area contributed by atoms with Gasteiger partial charge in [0.1, 0.15) is 5.82 Å². The number of rotatable bonds is 6. The van der Waals surface area contributed by atoms with Crippen molar-refractivity contribution in [3.05, 3.63) is 253 Å². The van der Waals surface area contributed by atoms with Crippen molar-refractivity contribution in [1.82, 2.24) is 19.5 Å². The first-order valence-electron chi connectivity index (χ1n) is 21.9. The van der Waals surface area contributed by atoms with E-state index in [-0.39, 0.29) is 0 Å². The van der Waals surface area contributed by atoms with E-state index < -0.39 is 5.41 Å². The molecule has 13 rings (SSSR count). The van der Waals surface area contributed by atoms with Gasteiger partial charge in [0.25, 0.3) is 0 Å². The van der Waals surface area contributed by atoms with Crippen molar-refractivity contribution in [3.63, 3.8) is 0 Å². The van der Waals surface area contributed by atoms with E-state index in [4.69, 9.17) is 15.0 Å². The van der Waals surface area contributed by atoms with Crippen LogP contribution in [0.2, 0.25) is 0 Å². The zero-order chi connectivity index (χ0) is 42.2. The Labute approximate surface area is 371 Å². The highest BCUT2D eigenvalue weighted by molar-refractivity contribution is 5.97. The topological polar surface area (TPSA) is 43.6 Å². The highest BCUT2D eigenvalue weighted by Crippen LogP contribution is 2.63. The summed E-state index contributed by atoms with van der Waals surface area (Å²) in [4.78, 5) is 15.7. The van der Waals surface area contributed by atoms with Gasteiger partial charge in [-0.25, -0.2) is 15.0 Å². The molecule has 0 aliphatic heterocycles. The van der Waals surface area contributed by atoms with Crippen molar-refractivity contribution in [2.75, 3.05) is 0 Å². The number of aromatic nitrogens is 4. The van der Waals surface area contributed by atoms with Crippen molar-refractivity contribution in [2.45, 2.75) is 5.41 Å². The van der Waals surface area contributed by atoms with Crippen molar-refractivity contribution in [2.24, 2.45) is 0 Å². The van der Waals surface area contributed by atoms with Crippen molar-refractivity contribution in [1.29, 1.82) is 0 Å². The minimum absolute atomic E-state index is 0.568. The third kappa shape index (κ3) is 5.46. The first-order valence-corrected chi connectivity index (χ1v) is 21.9. The van der Waals surface area contributed by atoms with E-state index >= 15 is 0 Å². The van der Waals surface area contributed by atoms with Crippen LogP contribution in [0.5, 0.6) is 0 Å². The minimum atomic E-state index is -0.568. The Morgan fingerprint density at radius 2 is 0.797 bits per heavy atom. The van der Waals surface area contributed by atoms with Crippen LogP contribution in [0.3, 0.4) is 0 Å². The van der Waals surface area contributed by atoms with Gasteiger partial charge in [-0.3, -0.25) is 4.57 Å². The molecule has 1 spiro atoms. The summed E-state index contributed by atoms with van der Waals surface area (Å²) < 4.78 is 2.29. The fraction of sp³-hybridized carbons (Fsp3) is 0.0167. The number of hydrogen-bond acceptors (Lipinski definition) is 3. The molecule has 2 aromatic heterocycles. The number of benzene rings is 9. The maximum absolute atomic E-state index is 5.29. The van der Waals surface area contributed by atoms with Crippen molar-refractivity contribution in [3.8, 4) is 84.4 Å². The summed E-state index contributed by atoms with van der Waals surface area (Å²) in [5, 5.41) is 0. The zero-order valence-electron chi connectivity index (χ0n) is 34.7. The first kappa shape index (κ1) is 36.2. The maximum Gasteiger partial charge on any atom is 0.160 e. The molecule has 64 heavy (non-hydrogen) atoms. The third-order valence-corrected chi connectivity index (χ3v) is 13.2. The van der Waals surface area contributed by atoms with Crippen molar-refractivity contribution >= 4 is 11.0 Å². The summed E-state index contributed by atoms with van der Waals surface area (Å²) in [6.07, 6.45) is 0. The molecule has 298 valence electrons. The van der Waals surface area contributed by atoms with Gasteiger partial charge in [-0.15, -0.1) is 0 Å². The Morgan fingerprint density at radius 1 is 0.312 bits per heavy atom. The van der Waals surface area contributed by atoms with E-state index in [1.54, 1.807) is 0 Å². The Balaban J connectivity index is 1.02. The van der Waals surface area contributed by atoms with Crippen LogP contribution in [-0.2, 0) is 5.41 Å². The Hall–Kier alpha value is -8.47. The zero-order valence-corrected chi connectivity index (χ0v) is 34.7. The lowest BCUT2D eigenvalue weighted by Gasteiger charge is -2.31. The Kier molecular flexibility index (Phi) is 8.09. The summed E-state index contributed by atoms with van der Waals surface area (Å²) in [5.41, 5.74) is 20.9. The number of imidazole rings is 1. The predicted molar refractivity (Wildman–Crippen MR) is 260 cm³/mol. The molecule has 4 nitrogen and oxygen atoms in total. The molecule has 4 heteroatoms. The Bertz CT molecular complexity index is 3510. The van der Waals surface area contributed by atoms with Gasteiger partial charge in [0.2, 0.25) is 0 Å². The van der Waals surface area contributed by atoms with Crippen LogP contribution >= 0.6 is 0 Å². The molecule has 0 atom stereocenters. The molecule has 0 radical (unpaired) electrons. The highest BCUT2D eigenvalue weighted by atomic mass is 15.1. The van der Waals surface area contributed by atoms with E-state index in [0.29, 0.717) is 5.82 Å². The molecule has 0 fully saturated rings. The van der Waals surface area contributed by atoms with Crippen LogP contribution in [0, 0.1) is 0 Å². The van der Waals surface area contributed by atoms with Gasteiger partial charge in [0.05, 0.1) is 27.8 Å². The van der Waals surface area contributed by atoms with Crippen LogP contribution in [0.25, 0.3) is 95.4 Å². The molecule has 9 aromatic carbocycles. The molecule has 0 amide bonds. The van der Waals surface area contributed by atoms with Crippen LogP contribution in [0.1, 0.15) is 22.3 Å². The smallest absolute Gasteiger partial charge is 0.160 e. The monoisotopic (exact) mass is 814 g/mol. The largest absolute Gasteiger partial charge is 0.292 e. The van der Waals surface area contributed by atoms with E-state index in [2.05, 4.69) is 223 Å². The van der Waals surface area contributed by atoms with Gasteiger partial charge >= 0.3 is 0 Å². The number of para-hydroxylation sites is 2. The Morgan fingerprint density at radius 3 is 1.44 bits per heavy atom. The van der Waals surface area contributed by atoms with Crippen LogP contribution in [-0.4, -0.2) is 19.5 Å². The lowest BCUT2D eigenvalue weighted by atomic mass is 9.70. The van der Waals surface area contributed by atoms with Crippen molar-refractivity contribution < 1.29 is 0 Å². The SMILES string of the molecule is c1ccc(-c2cc(-c3ccccc3)nc(-c3ccc4c(c3)C3(c5ccccc5-c5ccccc53)c3cc(-c5cccc(-n6c(-c7ccccc7)nc7ccccc76)c5)ccc3-4)n2)cc1. The number of nitrogens with zero attached hydrogens (tertiary/aromatic N) is 4. The average Bonchev–Trinajstić information content (AvgIpc) is 4.01. The van der Waals surface area contributed by atoms with Gasteiger partial charge in [0, 0.05) is 27.9 Å². The average molecular weight is 815 g/mol. The molecule has 0 saturated carbocycles. The van der Waals surface area contributed by atoms with Crippen LogP contribution in [0.15, 0.2) is 231 Å². The second-order valence-corrected chi connectivity index (χ2v) is 16.7. The molecule has 0 unspecified atom stereocenters.